The topological polar surface area (TPSA) is 103 Å². The van der Waals surface area contributed by atoms with Crippen LogP contribution >= 0.6 is 23.1 Å². The molecule has 1 N–H and O–H groups in total. The zero-order valence-corrected chi connectivity index (χ0v) is 20.9. The quantitative estimate of drug-likeness (QED) is 0.301. The molecule has 1 amide bonds. The lowest BCUT2D eigenvalue weighted by Gasteiger charge is -2.13. The van der Waals surface area contributed by atoms with Crippen LogP contribution in [-0.2, 0) is 17.6 Å². The van der Waals surface area contributed by atoms with Crippen molar-refractivity contribution in [3.63, 3.8) is 0 Å². The number of fused-ring (bicyclic) bond motifs is 3. The molecule has 3 heterocycles. The summed E-state index contributed by atoms with van der Waals surface area (Å²) >= 11 is 2.82. The van der Waals surface area contributed by atoms with E-state index in [-0.39, 0.29) is 29.2 Å². The van der Waals surface area contributed by atoms with Crippen LogP contribution in [0.15, 0.2) is 38.6 Å². The van der Waals surface area contributed by atoms with Gasteiger partial charge in [-0.25, -0.2) is 4.98 Å². The second-order valence-electron chi connectivity index (χ2n) is 8.70. The molecule has 1 aliphatic carbocycles. The minimum Gasteiger partial charge on any atom is -0.408 e. The molecule has 5 rings (SSSR count). The summed E-state index contributed by atoms with van der Waals surface area (Å²) in [6, 6.07) is 7.84. The van der Waals surface area contributed by atoms with Crippen LogP contribution < -0.4 is 10.9 Å². The Balaban J connectivity index is 1.48. The standard InChI is InChI=1S/C24H25N5O3S2/c1-13(2)20-27-28-23(32-20)25-18(30)12-33-24-26-21-19(16-6-4-5-7-17(16)34-21)22(31)29(24)15-10-8-14(3)9-11-15/h8-11,13H,4-7,12H2,1-3H3,(H,25,28,30). The first-order chi connectivity index (χ1) is 16.4. The lowest BCUT2D eigenvalue weighted by atomic mass is 9.97. The highest BCUT2D eigenvalue weighted by Gasteiger charge is 2.23. The normalized spacial score (nSPS) is 13.4. The van der Waals surface area contributed by atoms with Crippen LogP contribution in [-0.4, -0.2) is 31.4 Å². The highest BCUT2D eigenvalue weighted by Crippen LogP contribution is 2.35. The Bertz CT molecular complexity index is 1420. The molecule has 1 aromatic carbocycles. The molecule has 4 aromatic rings. The number of anilines is 1. The van der Waals surface area contributed by atoms with Gasteiger partial charge in [0, 0.05) is 10.8 Å². The largest absolute Gasteiger partial charge is 0.408 e. The third-order valence-electron chi connectivity index (χ3n) is 5.76. The van der Waals surface area contributed by atoms with Crippen molar-refractivity contribution in [2.75, 3.05) is 11.1 Å². The van der Waals surface area contributed by atoms with Gasteiger partial charge in [0.25, 0.3) is 5.56 Å². The van der Waals surface area contributed by atoms with E-state index in [9.17, 15) is 9.59 Å². The van der Waals surface area contributed by atoms with Gasteiger partial charge >= 0.3 is 6.01 Å². The molecule has 3 aromatic heterocycles. The molecule has 0 fully saturated rings. The van der Waals surface area contributed by atoms with Gasteiger partial charge in [0.05, 0.1) is 16.8 Å². The number of carbonyl (C=O) groups is 1. The number of nitrogens with zero attached hydrogens (tertiary/aromatic N) is 4. The van der Waals surface area contributed by atoms with Gasteiger partial charge in [-0.05, 0) is 50.3 Å². The summed E-state index contributed by atoms with van der Waals surface area (Å²) in [4.78, 5) is 33.2. The van der Waals surface area contributed by atoms with Crippen molar-refractivity contribution >= 4 is 45.2 Å². The molecule has 0 aliphatic heterocycles. The molecule has 0 radical (unpaired) electrons. The monoisotopic (exact) mass is 495 g/mol. The minimum atomic E-state index is -0.306. The minimum absolute atomic E-state index is 0.0499. The van der Waals surface area contributed by atoms with Crippen LogP contribution in [0.1, 0.15) is 54.5 Å². The molecular weight excluding hydrogens is 470 g/mol. The molecular formula is C24H25N5O3S2. The first-order valence-corrected chi connectivity index (χ1v) is 13.1. The number of thioether (sulfide) groups is 1. The lowest BCUT2D eigenvalue weighted by molar-refractivity contribution is -0.113. The average molecular weight is 496 g/mol. The summed E-state index contributed by atoms with van der Waals surface area (Å²) in [5.74, 6) is 0.280. The predicted molar refractivity (Wildman–Crippen MR) is 134 cm³/mol. The SMILES string of the molecule is Cc1ccc(-n2c(SCC(=O)Nc3nnc(C(C)C)o3)nc3sc4c(c3c2=O)CCCC4)cc1. The van der Waals surface area contributed by atoms with Crippen LogP contribution in [0.5, 0.6) is 0 Å². The first-order valence-electron chi connectivity index (χ1n) is 11.3. The fraction of sp³-hybridized carbons (Fsp3) is 0.375. The molecule has 0 unspecified atom stereocenters. The Labute approximate surface area is 204 Å². The molecule has 176 valence electrons. The number of hydrogen-bond acceptors (Lipinski definition) is 8. The Morgan fingerprint density at radius 2 is 1.97 bits per heavy atom. The van der Waals surface area contributed by atoms with Gasteiger partial charge in [-0.1, -0.05) is 48.4 Å². The fourth-order valence-electron chi connectivity index (χ4n) is 4.01. The zero-order chi connectivity index (χ0) is 23.8. The summed E-state index contributed by atoms with van der Waals surface area (Å²) in [6.07, 6.45) is 4.14. The van der Waals surface area contributed by atoms with Gasteiger partial charge in [0.2, 0.25) is 11.8 Å². The molecule has 1 aliphatic rings. The molecule has 10 heteroatoms. The highest BCUT2D eigenvalue weighted by atomic mass is 32.2. The average Bonchev–Trinajstić information content (AvgIpc) is 3.43. The first kappa shape index (κ1) is 22.8. The number of rotatable bonds is 6. The number of aromatic nitrogens is 4. The third-order valence-corrected chi connectivity index (χ3v) is 7.89. The summed E-state index contributed by atoms with van der Waals surface area (Å²) in [6.45, 7) is 5.87. The lowest BCUT2D eigenvalue weighted by Crippen LogP contribution is -2.23. The molecule has 0 atom stereocenters. The van der Waals surface area contributed by atoms with E-state index in [4.69, 9.17) is 9.40 Å². The zero-order valence-electron chi connectivity index (χ0n) is 19.3. The second kappa shape index (κ2) is 9.34. The number of hydrogen-bond donors (Lipinski definition) is 1. The van der Waals surface area contributed by atoms with Crippen molar-refractivity contribution in [3.05, 3.63) is 56.5 Å². The van der Waals surface area contributed by atoms with Crippen molar-refractivity contribution in [2.45, 2.75) is 57.5 Å². The van der Waals surface area contributed by atoms with E-state index in [0.29, 0.717) is 11.0 Å². The van der Waals surface area contributed by atoms with E-state index in [0.717, 1.165) is 52.7 Å². The van der Waals surface area contributed by atoms with Crippen molar-refractivity contribution in [3.8, 4) is 5.69 Å². The molecule has 0 bridgehead atoms. The van der Waals surface area contributed by atoms with Crippen molar-refractivity contribution in [1.82, 2.24) is 19.7 Å². The van der Waals surface area contributed by atoms with Gasteiger partial charge in [0.1, 0.15) is 4.83 Å². The van der Waals surface area contributed by atoms with Crippen LogP contribution in [0.2, 0.25) is 0 Å². The van der Waals surface area contributed by atoms with E-state index in [2.05, 4.69) is 15.5 Å². The maximum atomic E-state index is 13.8. The van der Waals surface area contributed by atoms with Gasteiger partial charge in [-0.15, -0.1) is 16.4 Å². The highest BCUT2D eigenvalue weighted by molar-refractivity contribution is 7.99. The van der Waals surface area contributed by atoms with Crippen LogP contribution in [0.4, 0.5) is 6.01 Å². The van der Waals surface area contributed by atoms with Crippen molar-refractivity contribution < 1.29 is 9.21 Å². The van der Waals surface area contributed by atoms with Crippen LogP contribution in [0, 0.1) is 6.92 Å². The van der Waals surface area contributed by atoms with Crippen molar-refractivity contribution in [2.24, 2.45) is 0 Å². The summed E-state index contributed by atoms with van der Waals surface area (Å²) in [7, 11) is 0. The Morgan fingerprint density at radius 1 is 1.21 bits per heavy atom. The summed E-state index contributed by atoms with van der Waals surface area (Å²) < 4.78 is 7.09. The Kier molecular flexibility index (Phi) is 6.26. The molecule has 0 spiro atoms. The number of nitrogens with one attached hydrogen (secondary N) is 1. The smallest absolute Gasteiger partial charge is 0.322 e. The van der Waals surface area contributed by atoms with Crippen LogP contribution in [0.3, 0.4) is 0 Å². The maximum absolute atomic E-state index is 13.8. The van der Waals surface area contributed by atoms with Gasteiger partial charge in [-0.3, -0.25) is 19.5 Å². The van der Waals surface area contributed by atoms with E-state index in [1.165, 1.54) is 16.6 Å². The molecule has 0 saturated carbocycles. The predicted octanol–water partition coefficient (Wildman–Crippen LogP) is 4.87. The fourth-order valence-corrected chi connectivity index (χ4v) is 6.12. The van der Waals surface area contributed by atoms with E-state index < -0.39 is 0 Å². The second-order valence-corrected chi connectivity index (χ2v) is 10.7. The summed E-state index contributed by atoms with van der Waals surface area (Å²) in [5, 5.41) is 11.6. The molecule has 34 heavy (non-hydrogen) atoms. The van der Waals surface area contributed by atoms with E-state index >= 15 is 0 Å². The number of aryl methyl sites for hydroxylation is 3. The maximum Gasteiger partial charge on any atom is 0.322 e. The van der Waals surface area contributed by atoms with Crippen LogP contribution in [0.25, 0.3) is 15.9 Å². The Morgan fingerprint density at radius 3 is 2.71 bits per heavy atom. The van der Waals surface area contributed by atoms with E-state index in [1.807, 2.05) is 45.0 Å². The number of carbonyl (C=O) groups excluding carboxylic acids is 1. The Hall–Kier alpha value is -2.98. The third kappa shape index (κ3) is 4.39. The molecule has 8 nitrogen and oxygen atoms in total. The number of amides is 1. The van der Waals surface area contributed by atoms with Gasteiger partial charge in [-0.2, -0.15) is 0 Å². The van der Waals surface area contributed by atoms with Gasteiger partial charge < -0.3 is 4.42 Å². The van der Waals surface area contributed by atoms with Crippen molar-refractivity contribution in [1.29, 1.82) is 0 Å². The summed E-state index contributed by atoms with van der Waals surface area (Å²) in [5.41, 5.74) is 2.92. The number of benzene rings is 1. The van der Waals surface area contributed by atoms with E-state index in [1.54, 1.807) is 15.9 Å². The molecule has 0 saturated heterocycles. The number of thiophene rings is 1. The van der Waals surface area contributed by atoms with Gasteiger partial charge in [0.15, 0.2) is 5.16 Å².